The molecule has 0 saturated heterocycles. The minimum absolute atomic E-state index is 0.00940. The van der Waals surface area contributed by atoms with Gasteiger partial charge in [-0.3, -0.25) is 15.0 Å². The molecule has 0 aliphatic rings. The first-order chi connectivity index (χ1) is 18.9. The maximum absolute atomic E-state index is 12.6. The average molecular weight is 534 g/mol. The minimum Gasteiger partial charge on any atom is -0.508 e. The van der Waals surface area contributed by atoms with Crippen molar-refractivity contribution in [2.45, 2.75) is 6.54 Å². The second-order valence-electron chi connectivity index (χ2n) is 8.24. The Morgan fingerprint density at radius 2 is 1.64 bits per heavy atom. The summed E-state index contributed by atoms with van der Waals surface area (Å²) in [4.78, 5) is 27.7. The maximum Gasteiger partial charge on any atom is 0.281 e. The van der Waals surface area contributed by atoms with Crippen molar-refractivity contribution in [3.8, 4) is 28.7 Å². The quantitative estimate of drug-likeness (QED) is 0.126. The van der Waals surface area contributed by atoms with Gasteiger partial charge in [0.25, 0.3) is 11.8 Å². The molecule has 0 radical (unpaired) electrons. The van der Waals surface area contributed by atoms with E-state index in [2.05, 4.69) is 26.4 Å². The van der Waals surface area contributed by atoms with Crippen molar-refractivity contribution in [1.82, 2.24) is 21.3 Å². The van der Waals surface area contributed by atoms with Crippen LogP contribution in [-0.2, 0) is 11.3 Å². The number of hydrogen-bond donors (Lipinski definition) is 6. The van der Waals surface area contributed by atoms with Crippen molar-refractivity contribution in [2.75, 3.05) is 20.8 Å². The lowest BCUT2D eigenvalue weighted by molar-refractivity contribution is -0.123. The van der Waals surface area contributed by atoms with Gasteiger partial charge in [-0.1, -0.05) is 0 Å². The van der Waals surface area contributed by atoms with Crippen molar-refractivity contribution >= 4 is 28.9 Å². The summed E-state index contributed by atoms with van der Waals surface area (Å²) in [5.41, 5.74) is 9.62. The molecule has 4 rings (SSSR count). The van der Waals surface area contributed by atoms with Gasteiger partial charge < -0.3 is 29.4 Å². The summed E-state index contributed by atoms with van der Waals surface area (Å²) in [5.74, 6) is 0.700. The van der Waals surface area contributed by atoms with Gasteiger partial charge >= 0.3 is 0 Å². The summed E-state index contributed by atoms with van der Waals surface area (Å²) in [7, 11) is 3.03. The van der Waals surface area contributed by atoms with Crippen molar-refractivity contribution < 1.29 is 34.0 Å². The van der Waals surface area contributed by atoms with Crippen molar-refractivity contribution in [1.29, 1.82) is 0 Å². The molecule has 0 spiro atoms. The van der Waals surface area contributed by atoms with Gasteiger partial charge in [-0.2, -0.15) is 5.10 Å². The van der Waals surface area contributed by atoms with Crippen LogP contribution in [0.25, 0.3) is 10.9 Å². The highest BCUT2D eigenvalue weighted by Gasteiger charge is 2.11. The Hall–Kier alpha value is -5.23. The number of aromatic hydroxyl groups is 2. The highest BCUT2D eigenvalue weighted by molar-refractivity contribution is 5.98. The molecule has 0 bridgehead atoms. The molecule has 0 unspecified atom stereocenters. The number of ether oxygens (including phenoxy) is 3. The van der Waals surface area contributed by atoms with E-state index in [1.165, 1.54) is 32.6 Å². The van der Waals surface area contributed by atoms with E-state index in [-0.39, 0.29) is 24.7 Å². The zero-order chi connectivity index (χ0) is 27.8. The molecule has 1 aromatic heterocycles. The summed E-state index contributed by atoms with van der Waals surface area (Å²) < 4.78 is 15.8. The SMILES string of the molecule is COc1ccc(O)c(/C=N/NC(=O)COc2ccc3[nH]c(C(=O)NNCc4cc(OC)ccc4O)cc3c2)c1. The van der Waals surface area contributed by atoms with Gasteiger partial charge in [0.2, 0.25) is 0 Å². The van der Waals surface area contributed by atoms with E-state index < -0.39 is 11.8 Å². The first-order valence-corrected chi connectivity index (χ1v) is 11.7. The number of benzene rings is 3. The van der Waals surface area contributed by atoms with Crippen LogP contribution in [-0.4, -0.2) is 54.1 Å². The topological polar surface area (TPSA) is 167 Å². The number of carbonyl (C=O) groups is 2. The number of carbonyl (C=O) groups excluding carboxylic acids is 2. The van der Waals surface area contributed by atoms with E-state index >= 15 is 0 Å². The number of phenolic OH excluding ortho intramolecular Hbond substituents is 2. The van der Waals surface area contributed by atoms with Crippen LogP contribution in [0.3, 0.4) is 0 Å². The average Bonchev–Trinajstić information content (AvgIpc) is 3.37. The first kappa shape index (κ1) is 26.8. The first-order valence-electron chi connectivity index (χ1n) is 11.7. The Kier molecular flexibility index (Phi) is 8.49. The Balaban J connectivity index is 1.28. The molecule has 0 saturated carbocycles. The molecule has 2 amide bonds. The van der Waals surface area contributed by atoms with Crippen molar-refractivity contribution in [3.05, 3.63) is 77.5 Å². The van der Waals surface area contributed by atoms with Crippen molar-refractivity contribution in [3.63, 3.8) is 0 Å². The number of H-pyrrole nitrogens is 1. The van der Waals surface area contributed by atoms with Crippen LogP contribution in [0.5, 0.6) is 28.7 Å². The molecular formula is C27H27N5O7. The number of rotatable bonds is 11. The van der Waals surface area contributed by atoms with Gasteiger partial charge in [0.05, 0.1) is 20.4 Å². The fraction of sp³-hybridized carbons (Fsp3) is 0.148. The number of phenols is 2. The molecule has 39 heavy (non-hydrogen) atoms. The fourth-order valence-electron chi connectivity index (χ4n) is 3.56. The van der Waals surface area contributed by atoms with Gasteiger partial charge in [0.15, 0.2) is 6.61 Å². The highest BCUT2D eigenvalue weighted by atomic mass is 16.5. The monoisotopic (exact) mass is 533 g/mol. The Morgan fingerprint density at radius 1 is 0.923 bits per heavy atom. The van der Waals surface area contributed by atoms with Crippen molar-refractivity contribution in [2.24, 2.45) is 5.10 Å². The summed E-state index contributed by atoms with van der Waals surface area (Å²) in [6.45, 7) is -0.119. The van der Waals surface area contributed by atoms with Gasteiger partial charge in [-0.15, -0.1) is 0 Å². The fourth-order valence-corrected chi connectivity index (χ4v) is 3.56. The number of nitrogens with zero attached hydrogens (tertiary/aromatic N) is 1. The van der Waals surface area contributed by atoms with E-state index in [9.17, 15) is 19.8 Å². The third-order valence-corrected chi connectivity index (χ3v) is 5.60. The zero-order valence-corrected chi connectivity index (χ0v) is 21.1. The number of hydrazone groups is 1. The highest BCUT2D eigenvalue weighted by Crippen LogP contribution is 2.24. The lowest BCUT2D eigenvalue weighted by Crippen LogP contribution is -2.37. The molecule has 0 fully saturated rings. The number of hydrogen-bond acceptors (Lipinski definition) is 9. The predicted molar refractivity (Wildman–Crippen MR) is 143 cm³/mol. The molecular weight excluding hydrogens is 506 g/mol. The molecule has 4 aromatic rings. The van der Waals surface area contributed by atoms with Gasteiger partial charge in [0, 0.05) is 28.6 Å². The number of hydrazine groups is 1. The van der Waals surface area contributed by atoms with Gasteiger partial charge in [-0.25, -0.2) is 10.9 Å². The van der Waals surface area contributed by atoms with Crippen LogP contribution in [0.2, 0.25) is 0 Å². The van der Waals surface area contributed by atoms with E-state index in [1.807, 2.05) is 0 Å². The molecule has 202 valence electrons. The summed E-state index contributed by atoms with van der Waals surface area (Å²) >= 11 is 0. The molecule has 3 aromatic carbocycles. The summed E-state index contributed by atoms with van der Waals surface area (Å²) in [5, 5.41) is 24.3. The van der Waals surface area contributed by atoms with Gasteiger partial charge in [-0.05, 0) is 60.7 Å². The predicted octanol–water partition coefficient (Wildman–Crippen LogP) is 2.56. The largest absolute Gasteiger partial charge is 0.508 e. The standard InChI is InChI=1S/C27H27N5O7/c1-37-19-4-7-24(33)17(10-19)13-28-31-26(35)15-39-21-3-6-22-16(9-21)12-23(30-22)27(36)32-29-14-18-11-20(38-2)5-8-25(18)34/h3-13,29-30,33-34H,14-15H2,1-2H3,(H,31,35)(H,32,36)/b28-13+. The molecule has 1 heterocycles. The van der Waals surface area contributed by atoms with E-state index in [4.69, 9.17) is 14.2 Å². The van der Waals surface area contributed by atoms with Crippen LogP contribution in [0.1, 0.15) is 21.6 Å². The minimum atomic E-state index is -0.504. The maximum atomic E-state index is 12.6. The van der Waals surface area contributed by atoms with Crippen LogP contribution < -0.4 is 30.5 Å². The summed E-state index contributed by atoms with van der Waals surface area (Å²) in [6.07, 6.45) is 1.29. The lowest BCUT2D eigenvalue weighted by atomic mass is 10.2. The molecule has 0 aliphatic carbocycles. The second-order valence-corrected chi connectivity index (χ2v) is 8.24. The zero-order valence-electron chi connectivity index (χ0n) is 21.1. The van der Waals surface area contributed by atoms with E-state index in [0.717, 1.165) is 0 Å². The smallest absolute Gasteiger partial charge is 0.281 e. The molecule has 0 aliphatic heterocycles. The third-order valence-electron chi connectivity index (χ3n) is 5.60. The number of nitrogens with one attached hydrogen (secondary N) is 4. The second kappa shape index (κ2) is 12.3. The van der Waals surface area contributed by atoms with Crippen LogP contribution >= 0.6 is 0 Å². The van der Waals surface area contributed by atoms with E-state index in [0.29, 0.717) is 45.0 Å². The van der Waals surface area contributed by atoms with Gasteiger partial charge in [0.1, 0.15) is 34.4 Å². The Labute approximate surface area is 223 Å². The van der Waals surface area contributed by atoms with Crippen LogP contribution in [0, 0.1) is 0 Å². The number of amides is 2. The van der Waals surface area contributed by atoms with E-state index in [1.54, 1.807) is 48.5 Å². The number of fused-ring (bicyclic) bond motifs is 1. The van der Waals surface area contributed by atoms with Crippen LogP contribution in [0.15, 0.2) is 65.8 Å². The molecule has 12 nitrogen and oxygen atoms in total. The molecule has 0 atom stereocenters. The number of aromatic amines is 1. The number of aromatic nitrogens is 1. The van der Waals surface area contributed by atoms with Crippen LogP contribution in [0.4, 0.5) is 0 Å². The third kappa shape index (κ3) is 6.96. The number of methoxy groups -OCH3 is 2. The molecule has 6 N–H and O–H groups in total. The normalized spacial score (nSPS) is 10.9. The Bertz CT molecular complexity index is 1520. The molecule has 12 heteroatoms. The lowest BCUT2D eigenvalue weighted by Gasteiger charge is -2.09. The Morgan fingerprint density at radius 3 is 2.41 bits per heavy atom. The summed E-state index contributed by atoms with van der Waals surface area (Å²) in [6, 6.07) is 16.2.